The van der Waals surface area contributed by atoms with Gasteiger partial charge in [0, 0.05) is 50.7 Å². The molecule has 0 aliphatic heterocycles. The van der Waals surface area contributed by atoms with Gasteiger partial charge in [-0.15, -0.1) is 0 Å². The fraction of sp³-hybridized carbons (Fsp3) is 0.323. The Morgan fingerprint density at radius 2 is 1.18 bits per heavy atom. The molecule has 2 aromatic heterocycles. The highest BCUT2D eigenvalue weighted by molar-refractivity contribution is 5.94. The number of aromatic nitrogens is 4. The Hall–Kier alpha value is -4.85. The van der Waals surface area contributed by atoms with Gasteiger partial charge in [-0.25, -0.2) is 0 Å². The van der Waals surface area contributed by atoms with Gasteiger partial charge in [-0.2, -0.15) is 15.0 Å². The van der Waals surface area contributed by atoms with E-state index in [4.69, 9.17) is 19.9 Å². The maximum atomic E-state index is 12.5. The Kier molecular flexibility index (Phi) is 13.1. The zero-order valence-electron chi connectivity index (χ0n) is 24.8. The van der Waals surface area contributed by atoms with Crippen LogP contribution in [0.2, 0.25) is 0 Å². The number of carbonyl (C=O) groups is 1. The van der Waals surface area contributed by atoms with Crippen molar-refractivity contribution in [1.82, 2.24) is 25.3 Å². The molecule has 0 saturated carbocycles. The number of hydrogen-bond donors (Lipinski definition) is 5. The smallest absolute Gasteiger partial charge is 0.251 e. The third-order valence-corrected chi connectivity index (χ3v) is 6.28. The van der Waals surface area contributed by atoms with Gasteiger partial charge in [-0.3, -0.25) is 9.78 Å². The van der Waals surface area contributed by atoms with Crippen LogP contribution >= 0.6 is 0 Å². The maximum Gasteiger partial charge on any atom is 0.251 e. The standard InChI is InChI=1S/C31H39N9O4/c1-42-27-8-4-24(5-9-27)21-36-30-38-29(39-31(40-30)37-22-25-10-13-33-14-11-25)35-20-23-2-6-26(7-3-23)28(41)34-15-17-44-19-18-43-16-12-32/h2-11,13-14H,12,15-22,32H2,1H3,(H,34,41)(H3,35,36,37,38,39,40). The highest BCUT2D eigenvalue weighted by Crippen LogP contribution is 2.15. The summed E-state index contributed by atoms with van der Waals surface area (Å²) in [6.07, 6.45) is 3.48. The third kappa shape index (κ3) is 11.1. The lowest BCUT2D eigenvalue weighted by molar-refractivity contribution is 0.0511. The van der Waals surface area contributed by atoms with E-state index in [1.54, 1.807) is 31.6 Å². The number of benzene rings is 2. The fourth-order valence-corrected chi connectivity index (χ4v) is 3.92. The number of methoxy groups -OCH3 is 1. The van der Waals surface area contributed by atoms with Crippen molar-refractivity contribution in [2.24, 2.45) is 5.73 Å². The second-order valence-corrected chi connectivity index (χ2v) is 9.54. The van der Waals surface area contributed by atoms with Crippen LogP contribution in [0.15, 0.2) is 73.1 Å². The summed E-state index contributed by atoms with van der Waals surface area (Å²) in [7, 11) is 1.64. The van der Waals surface area contributed by atoms with Crippen LogP contribution < -0.4 is 31.7 Å². The molecule has 0 fully saturated rings. The topological polar surface area (TPSA) is 170 Å². The number of anilines is 3. The molecule has 0 aliphatic rings. The van der Waals surface area contributed by atoms with Crippen LogP contribution in [-0.2, 0) is 29.1 Å². The average molecular weight is 602 g/mol. The molecular formula is C31H39N9O4. The lowest BCUT2D eigenvalue weighted by atomic mass is 10.1. The van der Waals surface area contributed by atoms with E-state index in [-0.39, 0.29) is 5.91 Å². The number of nitrogens with two attached hydrogens (primary N) is 1. The number of nitrogens with zero attached hydrogens (tertiary/aromatic N) is 4. The van der Waals surface area contributed by atoms with Crippen LogP contribution in [0, 0.1) is 0 Å². The molecular weight excluding hydrogens is 562 g/mol. The first-order valence-electron chi connectivity index (χ1n) is 14.3. The first-order chi connectivity index (χ1) is 21.6. The van der Waals surface area contributed by atoms with Crippen molar-refractivity contribution in [3.63, 3.8) is 0 Å². The van der Waals surface area contributed by atoms with E-state index < -0.39 is 0 Å². The van der Waals surface area contributed by atoms with E-state index in [9.17, 15) is 4.79 Å². The minimum atomic E-state index is -0.164. The fourth-order valence-electron chi connectivity index (χ4n) is 3.92. The van der Waals surface area contributed by atoms with Crippen molar-refractivity contribution in [3.8, 4) is 5.75 Å². The zero-order valence-corrected chi connectivity index (χ0v) is 24.8. The highest BCUT2D eigenvalue weighted by Gasteiger charge is 2.09. The second-order valence-electron chi connectivity index (χ2n) is 9.54. The van der Waals surface area contributed by atoms with E-state index >= 15 is 0 Å². The van der Waals surface area contributed by atoms with Crippen molar-refractivity contribution < 1.29 is 19.0 Å². The predicted octanol–water partition coefficient (Wildman–Crippen LogP) is 2.83. The molecule has 2 aromatic carbocycles. The van der Waals surface area contributed by atoms with Crippen molar-refractivity contribution in [2.45, 2.75) is 19.6 Å². The van der Waals surface area contributed by atoms with Crippen molar-refractivity contribution in [1.29, 1.82) is 0 Å². The molecule has 13 heteroatoms. The second kappa shape index (κ2) is 18.0. The van der Waals surface area contributed by atoms with E-state index in [1.165, 1.54) is 0 Å². The van der Waals surface area contributed by atoms with Gasteiger partial charge in [-0.05, 0) is 53.1 Å². The molecule has 13 nitrogen and oxygen atoms in total. The average Bonchev–Trinajstić information content (AvgIpc) is 3.07. The molecule has 44 heavy (non-hydrogen) atoms. The monoisotopic (exact) mass is 601 g/mol. The lowest BCUT2D eigenvalue weighted by Gasteiger charge is -2.12. The maximum absolute atomic E-state index is 12.5. The van der Waals surface area contributed by atoms with E-state index in [1.807, 2.05) is 48.5 Å². The van der Waals surface area contributed by atoms with Crippen LogP contribution in [0.25, 0.3) is 0 Å². The molecule has 0 saturated heterocycles. The molecule has 0 atom stereocenters. The van der Waals surface area contributed by atoms with Crippen LogP contribution in [0.1, 0.15) is 27.0 Å². The van der Waals surface area contributed by atoms with Crippen molar-refractivity contribution >= 4 is 23.8 Å². The Labute approximate surface area is 257 Å². The Bertz CT molecular complexity index is 1410. The largest absolute Gasteiger partial charge is 0.497 e. The van der Waals surface area contributed by atoms with Crippen LogP contribution in [0.5, 0.6) is 5.75 Å². The Morgan fingerprint density at radius 3 is 1.70 bits per heavy atom. The summed E-state index contributed by atoms with van der Waals surface area (Å²) in [4.78, 5) is 30.2. The van der Waals surface area contributed by atoms with Gasteiger partial charge in [0.2, 0.25) is 17.8 Å². The molecule has 232 valence electrons. The number of amides is 1. The summed E-state index contributed by atoms with van der Waals surface area (Å²) in [5.41, 5.74) is 8.99. The highest BCUT2D eigenvalue weighted by atomic mass is 16.5. The molecule has 4 rings (SSSR count). The molecule has 4 aromatic rings. The predicted molar refractivity (Wildman–Crippen MR) is 169 cm³/mol. The van der Waals surface area contributed by atoms with E-state index in [0.717, 1.165) is 22.4 Å². The van der Waals surface area contributed by atoms with Gasteiger partial charge in [0.1, 0.15) is 5.75 Å². The molecule has 0 unspecified atom stereocenters. The van der Waals surface area contributed by atoms with Gasteiger partial charge < -0.3 is 41.2 Å². The van der Waals surface area contributed by atoms with Gasteiger partial charge >= 0.3 is 0 Å². The van der Waals surface area contributed by atoms with Crippen molar-refractivity contribution in [2.75, 3.05) is 62.6 Å². The summed E-state index contributed by atoms with van der Waals surface area (Å²) in [6.45, 7) is 4.26. The molecule has 0 radical (unpaired) electrons. The lowest BCUT2D eigenvalue weighted by Crippen LogP contribution is -2.27. The SMILES string of the molecule is COc1ccc(CNc2nc(NCc3ccncc3)nc(NCc3ccc(C(=O)NCCOCCOCCN)cc3)n2)cc1. The van der Waals surface area contributed by atoms with Gasteiger partial charge in [0.25, 0.3) is 5.91 Å². The summed E-state index contributed by atoms with van der Waals surface area (Å²) in [5.74, 6) is 1.89. The third-order valence-electron chi connectivity index (χ3n) is 6.28. The number of carbonyl (C=O) groups excluding carboxylic acids is 1. The molecule has 2 heterocycles. The quantitative estimate of drug-likeness (QED) is 0.0998. The number of hydrogen-bond acceptors (Lipinski definition) is 12. The van der Waals surface area contributed by atoms with E-state index in [0.29, 0.717) is 82.6 Å². The number of ether oxygens (including phenoxy) is 3. The molecule has 6 N–H and O–H groups in total. The minimum Gasteiger partial charge on any atom is -0.497 e. The van der Waals surface area contributed by atoms with Crippen LogP contribution in [0.4, 0.5) is 17.8 Å². The molecule has 1 amide bonds. The summed E-state index contributed by atoms with van der Waals surface area (Å²) in [5, 5.41) is 12.7. The van der Waals surface area contributed by atoms with Gasteiger partial charge in [0.15, 0.2) is 0 Å². The normalized spacial score (nSPS) is 10.7. The van der Waals surface area contributed by atoms with E-state index in [2.05, 4.69) is 41.2 Å². The summed E-state index contributed by atoms with van der Waals surface area (Å²) < 4.78 is 15.9. The molecule has 0 aliphatic carbocycles. The first-order valence-corrected chi connectivity index (χ1v) is 14.3. The Morgan fingerprint density at radius 1 is 0.682 bits per heavy atom. The number of rotatable bonds is 19. The Balaban J connectivity index is 1.31. The van der Waals surface area contributed by atoms with Crippen LogP contribution in [-0.4, -0.2) is 72.5 Å². The summed E-state index contributed by atoms with van der Waals surface area (Å²) >= 11 is 0. The van der Waals surface area contributed by atoms with Gasteiger partial charge in [0.05, 0.1) is 33.5 Å². The van der Waals surface area contributed by atoms with Crippen LogP contribution in [0.3, 0.4) is 0 Å². The number of pyridine rings is 1. The van der Waals surface area contributed by atoms with Crippen molar-refractivity contribution in [3.05, 3.63) is 95.3 Å². The molecule has 0 spiro atoms. The molecule has 0 bridgehead atoms. The summed E-state index contributed by atoms with van der Waals surface area (Å²) in [6, 6.07) is 19.0. The minimum absolute atomic E-state index is 0.164. The first kappa shape index (κ1) is 32.1. The van der Waals surface area contributed by atoms with Gasteiger partial charge in [-0.1, -0.05) is 24.3 Å². The number of nitrogens with one attached hydrogen (secondary N) is 4. The zero-order chi connectivity index (χ0) is 30.8.